The van der Waals surface area contributed by atoms with Crippen LogP contribution in [-0.2, 0) is 0 Å². The van der Waals surface area contributed by atoms with E-state index in [-0.39, 0.29) is 0 Å². The molecule has 0 rings (SSSR count). The van der Waals surface area contributed by atoms with Crippen LogP contribution in [0.15, 0.2) is 0 Å². The largest absolute Gasteiger partial charge is 0.328 e. The first-order valence-electron chi connectivity index (χ1n) is 4.94. The van der Waals surface area contributed by atoms with Crippen molar-refractivity contribution in [1.29, 1.82) is 0 Å². The normalized spacial score (nSPS) is 12.0. The van der Waals surface area contributed by atoms with E-state index in [0.717, 1.165) is 0 Å². The molecule has 0 aromatic rings. The van der Waals surface area contributed by atoms with Crippen LogP contribution in [0.2, 0.25) is 0 Å². The molecule has 0 aliphatic heterocycles. The van der Waals surface area contributed by atoms with Crippen molar-refractivity contribution >= 4 is 0 Å². The third-order valence-corrected chi connectivity index (χ3v) is 2.20. The molecule has 0 bridgehead atoms. The lowest BCUT2D eigenvalue weighted by atomic mass is 10.2. The Balaban J connectivity index is 3.38. The van der Waals surface area contributed by atoms with Crippen molar-refractivity contribution in [2.75, 3.05) is 27.2 Å². The van der Waals surface area contributed by atoms with E-state index >= 15 is 0 Å². The molecule has 0 saturated carbocycles. The van der Waals surface area contributed by atoms with Gasteiger partial charge >= 0.3 is 0 Å². The van der Waals surface area contributed by atoms with Crippen molar-refractivity contribution in [3.63, 3.8) is 0 Å². The first-order valence-corrected chi connectivity index (χ1v) is 4.94. The highest BCUT2D eigenvalue weighted by Crippen LogP contribution is 2.04. The molecule has 0 aliphatic rings. The third kappa shape index (κ3) is 6.36. The van der Waals surface area contributed by atoms with E-state index in [0.29, 0.717) is 0 Å². The molecule has 0 aromatic carbocycles. The van der Waals surface area contributed by atoms with Gasteiger partial charge in [-0.2, -0.15) is 0 Å². The summed E-state index contributed by atoms with van der Waals surface area (Å²) in [7, 11) is 4.66. The molecule has 11 heavy (non-hydrogen) atoms. The summed E-state index contributed by atoms with van der Waals surface area (Å²) in [6, 6.07) is 0. The molecular formula is C10H24N+. The van der Waals surface area contributed by atoms with Crippen LogP contribution < -0.4 is 0 Å². The Hall–Kier alpha value is -0.0400. The SMILES string of the molecule is CCCCC[N+](C)(C)CCC. The van der Waals surface area contributed by atoms with Crippen LogP contribution in [0.1, 0.15) is 39.5 Å². The van der Waals surface area contributed by atoms with Crippen LogP contribution in [-0.4, -0.2) is 31.7 Å². The Labute approximate surface area is 72.0 Å². The number of unbranched alkanes of at least 4 members (excludes halogenated alkanes) is 2. The molecule has 0 N–H and O–H groups in total. The summed E-state index contributed by atoms with van der Waals surface area (Å²) in [5, 5.41) is 0. The zero-order valence-corrected chi connectivity index (χ0v) is 8.69. The van der Waals surface area contributed by atoms with Gasteiger partial charge < -0.3 is 4.48 Å². The molecule has 1 nitrogen and oxygen atoms in total. The van der Waals surface area contributed by atoms with Gasteiger partial charge in [-0.3, -0.25) is 0 Å². The summed E-state index contributed by atoms with van der Waals surface area (Å²) in [6.45, 7) is 7.20. The minimum absolute atomic E-state index is 1.20. The highest BCUT2D eigenvalue weighted by Gasteiger charge is 2.11. The molecule has 1 heteroatoms. The van der Waals surface area contributed by atoms with E-state index in [2.05, 4.69) is 27.9 Å². The summed E-state index contributed by atoms with van der Waals surface area (Å²) >= 11 is 0. The Bertz CT molecular complexity index is 86.9. The lowest BCUT2D eigenvalue weighted by Crippen LogP contribution is -2.40. The first kappa shape index (κ1) is 11.0. The van der Waals surface area contributed by atoms with Gasteiger partial charge in [-0.05, 0) is 19.3 Å². The summed E-state index contributed by atoms with van der Waals surface area (Å²) in [6.07, 6.45) is 5.43. The van der Waals surface area contributed by atoms with Crippen molar-refractivity contribution in [3.05, 3.63) is 0 Å². The molecule has 0 heterocycles. The number of hydrogen-bond acceptors (Lipinski definition) is 0. The second-order valence-electron chi connectivity index (χ2n) is 4.09. The zero-order valence-electron chi connectivity index (χ0n) is 8.69. The molecule has 68 valence electrons. The molecule has 0 amide bonds. The fourth-order valence-electron chi connectivity index (χ4n) is 1.51. The van der Waals surface area contributed by atoms with Gasteiger partial charge in [0.25, 0.3) is 0 Å². The lowest BCUT2D eigenvalue weighted by Gasteiger charge is -2.29. The topological polar surface area (TPSA) is 0 Å². The van der Waals surface area contributed by atoms with Gasteiger partial charge in [0, 0.05) is 0 Å². The van der Waals surface area contributed by atoms with Crippen molar-refractivity contribution in [3.8, 4) is 0 Å². The van der Waals surface area contributed by atoms with Gasteiger partial charge in [0.05, 0.1) is 27.2 Å². The minimum Gasteiger partial charge on any atom is -0.328 e. The van der Waals surface area contributed by atoms with Crippen molar-refractivity contribution in [2.24, 2.45) is 0 Å². The number of hydrogen-bond donors (Lipinski definition) is 0. The van der Waals surface area contributed by atoms with Crippen LogP contribution in [0.4, 0.5) is 0 Å². The molecule has 0 unspecified atom stereocenters. The van der Waals surface area contributed by atoms with Crippen molar-refractivity contribution < 1.29 is 4.48 Å². The van der Waals surface area contributed by atoms with Crippen LogP contribution >= 0.6 is 0 Å². The second kappa shape index (κ2) is 5.59. The Kier molecular flexibility index (Phi) is 5.57. The quantitative estimate of drug-likeness (QED) is 0.412. The summed E-state index contributed by atoms with van der Waals surface area (Å²) in [5.41, 5.74) is 0. The zero-order chi connectivity index (χ0) is 8.74. The third-order valence-electron chi connectivity index (χ3n) is 2.20. The Morgan fingerprint density at radius 1 is 0.818 bits per heavy atom. The fraction of sp³-hybridized carbons (Fsp3) is 1.00. The minimum atomic E-state index is 1.20. The van der Waals surface area contributed by atoms with Crippen molar-refractivity contribution in [2.45, 2.75) is 39.5 Å². The van der Waals surface area contributed by atoms with Gasteiger partial charge in [-0.1, -0.05) is 20.3 Å². The van der Waals surface area contributed by atoms with Crippen LogP contribution in [0.5, 0.6) is 0 Å². The molecule has 0 atom stereocenters. The standard InChI is InChI=1S/C10H24N/c1-5-7-8-10-11(3,4)9-6-2/h5-10H2,1-4H3/q+1. The van der Waals surface area contributed by atoms with E-state index in [1.54, 1.807) is 0 Å². The lowest BCUT2D eigenvalue weighted by molar-refractivity contribution is -0.890. The van der Waals surface area contributed by atoms with E-state index in [4.69, 9.17) is 0 Å². The molecular weight excluding hydrogens is 134 g/mol. The van der Waals surface area contributed by atoms with Gasteiger partial charge in [-0.15, -0.1) is 0 Å². The van der Waals surface area contributed by atoms with E-state index in [9.17, 15) is 0 Å². The number of rotatable bonds is 6. The molecule has 0 saturated heterocycles. The van der Waals surface area contributed by atoms with Crippen LogP contribution in [0.25, 0.3) is 0 Å². The number of quaternary nitrogens is 1. The van der Waals surface area contributed by atoms with Crippen molar-refractivity contribution in [1.82, 2.24) is 0 Å². The fourth-order valence-corrected chi connectivity index (χ4v) is 1.51. The maximum absolute atomic E-state index is 2.33. The molecule has 0 spiro atoms. The maximum atomic E-state index is 2.33. The van der Waals surface area contributed by atoms with E-state index in [1.165, 1.54) is 43.3 Å². The Morgan fingerprint density at radius 2 is 1.45 bits per heavy atom. The van der Waals surface area contributed by atoms with Gasteiger partial charge in [0.1, 0.15) is 0 Å². The first-order chi connectivity index (χ1) is 5.12. The molecule has 0 aliphatic carbocycles. The summed E-state index contributed by atoms with van der Waals surface area (Å²) in [4.78, 5) is 0. The summed E-state index contributed by atoms with van der Waals surface area (Å²) < 4.78 is 1.20. The Morgan fingerprint density at radius 3 is 1.91 bits per heavy atom. The van der Waals surface area contributed by atoms with Gasteiger partial charge in [-0.25, -0.2) is 0 Å². The maximum Gasteiger partial charge on any atom is 0.0782 e. The number of nitrogens with zero attached hydrogens (tertiary/aromatic N) is 1. The predicted molar refractivity (Wildman–Crippen MR) is 51.7 cm³/mol. The average Bonchev–Trinajstić information content (AvgIpc) is 1.87. The van der Waals surface area contributed by atoms with Gasteiger partial charge in [0.2, 0.25) is 0 Å². The highest BCUT2D eigenvalue weighted by molar-refractivity contribution is 4.38. The smallest absolute Gasteiger partial charge is 0.0782 e. The molecule has 0 aromatic heterocycles. The predicted octanol–water partition coefficient (Wildman–Crippen LogP) is 2.66. The van der Waals surface area contributed by atoms with Gasteiger partial charge in [0.15, 0.2) is 0 Å². The van der Waals surface area contributed by atoms with Crippen LogP contribution in [0, 0.1) is 0 Å². The highest BCUT2D eigenvalue weighted by atomic mass is 15.3. The second-order valence-corrected chi connectivity index (χ2v) is 4.09. The molecule has 0 fully saturated rings. The average molecular weight is 158 g/mol. The summed E-state index contributed by atoms with van der Waals surface area (Å²) in [5.74, 6) is 0. The monoisotopic (exact) mass is 158 g/mol. The van der Waals surface area contributed by atoms with E-state index < -0.39 is 0 Å². The molecule has 0 radical (unpaired) electrons. The van der Waals surface area contributed by atoms with E-state index in [1.807, 2.05) is 0 Å². The van der Waals surface area contributed by atoms with Crippen LogP contribution in [0.3, 0.4) is 0 Å².